The fraction of sp³-hybridized carbons (Fsp3) is 0.600. The minimum atomic E-state index is 0.427. The summed E-state index contributed by atoms with van der Waals surface area (Å²) < 4.78 is 6.05. The summed E-state index contributed by atoms with van der Waals surface area (Å²) >= 11 is 0. The minimum absolute atomic E-state index is 0.427. The maximum absolute atomic E-state index is 6.05. The van der Waals surface area contributed by atoms with Crippen molar-refractivity contribution in [3.8, 4) is 0 Å². The van der Waals surface area contributed by atoms with Crippen molar-refractivity contribution < 1.29 is 4.74 Å². The third kappa shape index (κ3) is 3.08. The summed E-state index contributed by atoms with van der Waals surface area (Å²) in [7, 11) is 0. The molecule has 2 heteroatoms. The molecule has 0 spiro atoms. The van der Waals surface area contributed by atoms with Gasteiger partial charge >= 0.3 is 0 Å². The van der Waals surface area contributed by atoms with E-state index >= 15 is 0 Å². The highest BCUT2D eigenvalue weighted by Crippen LogP contribution is 2.30. The van der Waals surface area contributed by atoms with Gasteiger partial charge in [-0.3, -0.25) is 0 Å². The quantitative estimate of drug-likeness (QED) is 0.840. The first-order valence-electron chi connectivity index (χ1n) is 6.81. The molecular weight excluding hydrogens is 210 g/mol. The van der Waals surface area contributed by atoms with Crippen LogP contribution in [-0.4, -0.2) is 25.3 Å². The lowest BCUT2D eigenvalue weighted by Gasteiger charge is -2.20. The van der Waals surface area contributed by atoms with Crippen LogP contribution in [0.15, 0.2) is 30.3 Å². The summed E-state index contributed by atoms with van der Waals surface area (Å²) in [6.07, 6.45) is 5.45. The fourth-order valence-electron chi connectivity index (χ4n) is 2.56. The van der Waals surface area contributed by atoms with Crippen LogP contribution in [0, 0.1) is 5.92 Å². The SMILES string of the molecule is c1ccc(C[C@@H]2NCC[C@H]2OCC2CC2)cc1. The van der Waals surface area contributed by atoms with Crippen LogP contribution in [0.25, 0.3) is 0 Å². The largest absolute Gasteiger partial charge is 0.376 e. The maximum atomic E-state index is 6.05. The van der Waals surface area contributed by atoms with E-state index in [1.807, 2.05) is 0 Å². The normalized spacial score (nSPS) is 28.5. The van der Waals surface area contributed by atoms with E-state index in [0.717, 1.165) is 25.5 Å². The molecule has 0 radical (unpaired) electrons. The molecule has 1 N–H and O–H groups in total. The molecule has 1 aliphatic carbocycles. The van der Waals surface area contributed by atoms with Gasteiger partial charge in [-0.05, 0) is 43.7 Å². The van der Waals surface area contributed by atoms with Gasteiger partial charge < -0.3 is 10.1 Å². The molecule has 2 aliphatic rings. The Kier molecular flexibility index (Phi) is 3.44. The van der Waals surface area contributed by atoms with Gasteiger partial charge in [0.05, 0.1) is 6.10 Å². The molecule has 2 atom stereocenters. The van der Waals surface area contributed by atoms with Crippen molar-refractivity contribution in [2.45, 2.75) is 37.8 Å². The van der Waals surface area contributed by atoms with Gasteiger partial charge in [-0.25, -0.2) is 0 Å². The molecule has 92 valence electrons. The topological polar surface area (TPSA) is 21.3 Å². The molecule has 0 amide bonds. The second kappa shape index (κ2) is 5.19. The number of hydrogen-bond acceptors (Lipinski definition) is 2. The first-order valence-corrected chi connectivity index (χ1v) is 6.81. The first-order chi connectivity index (χ1) is 8.42. The van der Waals surface area contributed by atoms with E-state index in [-0.39, 0.29) is 0 Å². The van der Waals surface area contributed by atoms with Gasteiger partial charge in [-0.15, -0.1) is 0 Å². The zero-order valence-corrected chi connectivity index (χ0v) is 10.3. The summed E-state index contributed by atoms with van der Waals surface area (Å²) in [6.45, 7) is 2.09. The third-order valence-corrected chi connectivity index (χ3v) is 3.83. The summed E-state index contributed by atoms with van der Waals surface area (Å²) in [5.41, 5.74) is 1.41. The van der Waals surface area contributed by atoms with E-state index in [2.05, 4.69) is 35.6 Å². The van der Waals surface area contributed by atoms with Crippen molar-refractivity contribution in [1.29, 1.82) is 0 Å². The van der Waals surface area contributed by atoms with Gasteiger partial charge in [0.15, 0.2) is 0 Å². The van der Waals surface area contributed by atoms with Crippen LogP contribution in [0.5, 0.6) is 0 Å². The van der Waals surface area contributed by atoms with Crippen LogP contribution in [0.1, 0.15) is 24.8 Å². The summed E-state index contributed by atoms with van der Waals surface area (Å²) in [5, 5.41) is 3.57. The molecule has 0 bridgehead atoms. The standard InChI is InChI=1S/C15H21NO/c1-2-4-12(5-3-1)10-14-15(8-9-16-14)17-11-13-6-7-13/h1-5,13-16H,6-11H2/t14-,15+/m0/s1. The molecule has 1 aromatic rings. The van der Waals surface area contributed by atoms with Crippen LogP contribution < -0.4 is 5.32 Å². The lowest BCUT2D eigenvalue weighted by Crippen LogP contribution is -2.34. The summed E-state index contributed by atoms with van der Waals surface area (Å²) in [4.78, 5) is 0. The van der Waals surface area contributed by atoms with Crippen LogP contribution in [0.3, 0.4) is 0 Å². The number of ether oxygens (including phenoxy) is 1. The number of hydrogen-bond donors (Lipinski definition) is 1. The zero-order valence-electron chi connectivity index (χ0n) is 10.3. The predicted octanol–water partition coefficient (Wildman–Crippen LogP) is 2.39. The Bertz CT molecular complexity index is 347. The lowest BCUT2D eigenvalue weighted by atomic mass is 10.0. The van der Waals surface area contributed by atoms with E-state index in [0.29, 0.717) is 12.1 Å². The van der Waals surface area contributed by atoms with Crippen LogP contribution in [-0.2, 0) is 11.2 Å². The van der Waals surface area contributed by atoms with E-state index in [4.69, 9.17) is 4.74 Å². The Hall–Kier alpha value is -0.860. The average Bonchev–Trinajstić information content (AvgIpc) is 3.09. The number of rotatable bonds is 5. The van der Waals surface area contributed by atoms with Gasteiger partial charge in [0.2, 0.25) is 0 Å². The molecule has 1 heterocycles. The highest BCUT2D eigenvalue weighted by Gasteiger charge is 2.30. The Morgan fingerprint density at radius 3 is 2.71 bits per heavy atom. The van der Waals surface area contributed by atoms with Gasteiger partial charge in [-0.2, -0.15) is 0 Å². The molecule has 1 saturated heterocycles. The molecule has 1 aromatic carbocycles. The second-order valence-electron chi connectivity index (χ2n) is 5.35. The Balaban J connectivity index is 1.53. The van der Waals surface area contributed by atoms with Gasteiger partial charge in [0.1, 0.15) is 0 Å². The van der Waals surface area contributed by atoms with E-state index in [1.165, 1.54) is 24.8 Å². The fourth-order valence-corrected chi connectivity index (χ4v) is 2.56. The molecule has 17 heavy (non-hydrogen) atoms. The van der Waals surface area contributed by atoms with Crippen LogP contribution in [0.2, 0.25) is 0 Å². The van der Waals surface area contributed by atoms with E-state index < -0.39 is 0 Å². The maximum Gasteiger partial charge on any atom is 0.0743 e. The molecule has 0 unspecified atom stereocenters. The second-order valence-corrected chi connectivity index (χ2v) is 5.35. The molecule has 2 nitrogen and oxygen atoms in total. The lowest BCUT2D eigenvalue weighted by molar-refractivity contribution is 0.0382. The Morgan fingerprint density at radius 1 is 1.12 bits per heavy atom. The monoisotopic (exact) mass is 231 g/mol. The van der Waals surface area contributed by atoms with Crippen molar-refractivity contribution in [1.82, 2.24) is 5.32 Å². The van der Waals surface area contributed by atoms with Gasteiger partial charge in [0.25, 0.3) is 0 Å². The molecule has 2 fully saturated rings. The molecule has 3 rings (SSSR count). The molecule has 1 saturated carbocycles. The molecule has 0 aromatic heterocycles. The Morgan fingerprint density at radius 2 is 1.94 bits per heavy atom. The van der Waals surface area contributed by atoms with Crippen molar-refractivity contribution in [3.05, 3.63) is 35.9 Å². The molecular formula is C15H21NO. The highest BCUT2D eigenvalue weighted by molar-refractivity contribution is 5.16. The van der Waals surface area contributed by atoms with Crippen molar-refractivity contribution in [2.75, 3.05) is 13.2 Å². The molecule has 1 aliphatic heterocycles. The minimum Gasteiger partial charge on any atom is -0.376 e. The predicted molar refractivity (Wildman–Crippen MR) is 69.0 cm³/mol. The number of nitrogens with one attached hydrogen (secondary N) is 1. The zero-order chi connectivity index (χ0) is 11.5. The van der Waals surface area contributed by atoms with Crippen LogP contribution >= 0.6 is 0 Å². The third-order valence-electron chi connectivity index (χ3n) is 3.83. The highest BCUT2D eigenvalue weighted by atomic mass is 16.5. The summed E-state index contributed by atoms with van der Waals surface area (Å²) in [5.74, 6) is 0.868. The first kappa shape index (κ1) is 11.2. The Labute approximate surface area is 103 Å². The smallest absolute Gasteiger partial charge is 0.0743 e. The van der Waals surface area contributed by atoms with Crippen molar-refractivity contribution >= 4 is 0 Å². The van der Waals surface area contributed by atoms with Gasteiger partial charge in [-0.1, -0.05) is 30.3 Å². The summed E-state index contributed by atoms with van der Waals surface area (Å²) in [6, 6.07) is 11.2. The average molecular weight is 231 g/mol. The van der Waals surface area contributed by atoms with Crippen molar-refractivity contribution in [3.63, 3.8) is 0 Å². The van der Waals surface area contributed by atoms with Gasteiger partial charge in [0, 0.05) is 12.6 Å². The van der Waals surface area contributed by atoms with E-state index in [1.54, 1.807) is 0 Å². The van der Waals surface area contributed by atoms with Crippen LogP contribution in [0.4, 0.5) is 0 Å². The number of benzene rings is 1. The van der Waals surface area contributed by atoms with Crippen molar-refractivity contribution in [2.24, 2.45) is 5.92 Å². The van der Waals surface area contributed by atoms with E-state index in [9.17, 15) is 0 Å².